The molecule has 0 saturated carbocycles. The molecule has 0 nitrogen and oxygen atoms in total. The van der Waals surface area contributed by atoms with E-state index in [1.54, 1.807) is 0 Å². The van der Waals surface area contributed by atoms with Crippen molar-refractivity contribution in [1.29, 1.82) is 0 Å². The Morgan fingerprint density at radius 1 is 0.167 bits per heavy atom. The number of hydrogen-bond donors (Lipinski definition) is 0. The van der Waals surface area contributed by atoms with E-state index in [0.717, 1.165) is 0 Å². The highest BCUT2D eigenvalue weighted by molar-refractivity contribution is 6.29. The fraction of sp³-hybridized carbons (Fsp3) is 0. The van der Waals surface area contributed by atoms with Crippen LogP contribution in [0.15, 0.2) is 231 Å². The van der Waals surface area contributed by atoms with Crippen LogP contribution in [-0.2, 0) is 0 Å². The zero-order chi connectivity index (χ0) is 39.6. The Bertz CT molecular complexity index is 3340. The van der Waals surface area contributed by atoms with Gasteiger partial charge in [0, 0.05) is 0 Å². The molecule has 0 heteroatoms. The summed E-state index contributed by atoms with van der Waals surface area (Å²) in [6.45, 7) is 0. The lowest BCUT2D eigenvalue weighted by molar-refractivity contribution is 1.58. The van der Waals surface area contributed by atoms with Crippen molar-refractivity contribution in [3.05, 3.63) is 231 Å². The average Bonchev–Trinajstić information content (AvgIpc) is 3.33. The van der Waals surface area contributed by atoms with E-state index in [1.165, 1.54) is 121 Å². The Morgan fingerprint density at radius 2 is 0.517 bits per heavy atom. The highest BCUT2D eigenvalue weighted by atomic mass is 14.2. The summed E-state index contributed by atoms with van der Waals surface area (Å²) in [6, 6.07) is 85.4. The number of hydrogen-bond acceptors (Lipinski definition) is 0. The average molecular weight is 759 g/mol. The maximum absolute atomic E-state index is 2.43. The topological polar surface area (TPSA) is 0 Å². The van der Waals surface area contributed by atoms with Gasteiger partial charge in [-0.15, -0.1) is 0 Å². The molecule has 0 heterocycles. The lowest BCUT2D eigenvalue weighted by Crippen LogP contribution is -1.92. The minimum Gasteiger partial charge on any atom is -0.0622 e. The van der Waals surface area contributed by atoms with E-state index in [1.807, 2.05) is 0 Å². The number of rotatable bonds is 6. The van der Waals surface area contributed by atoms with Gasteiger partial charge in [-0.3, -0.25) is 0 Å². The second-order valence-electron chi connectivity index (χ2n) is 16.1. The maximum atomic E-state index is 2.43. The third kappa shape index (κ3) is 5.84. The third-order valence-corrected chi connectivity index (χ3v) is 12.5. The molecule has 0 aliphatic rings. The predicted octanol–water partition coefficient (Wildman–Crippen LogP) is 16.9. The van der Waals surface area contributed by atoms with E-state index in [0.29, 0.717) is 0 Å². The minimum absolute atomic E-state index is 1.21. The van der Waals surface area contributed by atoms with Gasteiger partial charge in [0.05, 0.1) is 0 Å². The first-order chi connectivity index (χ1) is 29.7. The standard InChI is InChI=1S/C60H38/c1-3-13-39(14-4-1)49-31-51(45-27-25-41-17-7-9-19-43(41)29-45)35-53(33-49)57-37-47-21-12-24-56-58(38-48-22-11-23-55(57)59(48)60(47)56)54-34-50(40-15-5-2-6-16-40)32-52(36-54)46-28-26-42-18-8-10-20-44(42)30-46/h1-38H. The summed E-state index contributed by atoms with van der Waals surface area (Å²) in [5.74, 6) is 0. The first-order valence-electron chi connectivity index (χ1n) is 20.8. The molecule has 0 atom stereocenters. The largest absolute Gasteiger partial charge is 0.0622 e. The quantitative estimate of drug-likeness (QED) is 0.148. The molecule has 12 aromatic rings. The van der Waals surface area contributed by atoms with E-state index >= 15 is 0 Å². The third-order valence-electron chi connectivity index (χ3n) is 12.5. The fourth-order valence-electron chi connectivity index (χ4n) is 9.56. The smallest absolute Gasteiger partial charge is 0.00201 e. The maximum Gasteiger partial charge on any atom is -0.00201 e. The van der Waals surface area contributed by atoms with Crippen LogP contribution in [0.5, 0.6) is 0 Å². The second-order valence-corrected chi connectivity index (χ2v) is 16.1. The molecule has 0 N–H and O–H groups in total. The normalized spacial score (nSPS) is 11.7. The van der Waals surface area contributed by atoms with Crippen LogP contribution in [0.2, 0.25) is 0 Å². The van der Waals surface area contributed by atoms with Crippen LogP contribution in [0.1, 0.15) is 0 Å². The van der Waals surface area contributed by atoms with Crippen molar-refractivity contribution in [1.82, 2.24) is 0 Å². The van der Waals surface area contributed by atoms with Crippen LogP contribution in [0.25, 0.3) is 121 Å². The van der Waals surface area contributed by atoms with Gasteiger partial charge in [0.1, 0.15) is 0 Å². The van der Waals surface area contributed by atoms with Crippen molar-refractivity contribution >= 4 is 53.9 Å². The molecule has 278 valence electrons. The summed E-state index contributed by atoms with van der Waals surface area (Å²) in [7, 11) is 0. The molecular formula is C60H38. The fourth-order valence-corrected chi connectivity index (χ4v) is 9.56. The summed E-state index contributed by atoms with van der Waals surface area (Å²) in [4.78, 5) is 0. The Labute approximate surface area is 349 Å². The van der Waals surface area contributed by atoms with Gasteiger partial charge in [-0.05, 0) is 181 Å². The Kier molecular flexibility index (Phi) is 7.96. The van der Waals surface area contributed by atoms with Crippen molar-refractivity contribution in [2.24, 2.45) is 0 Å². The second kappa shape index (κ2) is 13.9. The minimum atomic E-state index is 1.21. The van der Waals surface area contributed by atoms with Gasteiger partial charge in [-0.25, -0.2) is 0 Å². The molecule has 60 heavy (non-hydrogen) atoms. The molecule has 0 unspecified atom stereocenters. The van der Waals surface area contributed by atoms with E-state index in [4.69, 9.17) is 0 Å². The first-order valence-corrected chi connectivity index (χ1v) is 20.8. The van der Waals surface area contributed by atoms with E-state index in [-0.39, 0.29) is 0 Å². The monoisotopic (exact) mass is 758 g/mol. The zero-order valence-electron chi connectivity index (χ0n) is 32.9. The van der Waals surface area contributed by atoms with Crippen molar-refractivity contribution < 1.29 is 0 Å². The Balaban J connectivity index is 1.08. The molecule has 0 fully saturated rings. The van der Waals surface area contributed by atoms with Crippen LogP contribution < -0.4 is 0 Å². The molecule has 0 spiro atoms. The molecule has 0 bridgehead atoms. The Morgan fingerprint density at radius 3 is 0.950 bits per heavy atom. The lowest BCUT2D eigenvalue weighted by Gasteiger charge is -2.19. The van der Waals surface area contributed by atoms with Crippen LogP contribution >= 0.6 is 0 Å². The van der Waals surface area contributed by atoms with Crippen LogP contribution in [0.4, 0.5) is 0 Å². The highest BCUT2D eigenvalue weighted by Gasteiger charge is 2.19. The van der Waals surface area contributed by atoms with Gasteiger partial charge in [-0.2, -0.15) is 0 Å². The summed E-state index contributed by atoms with van der Waals surface area (Å²) in [5.41, 5.74) is 14.6. The highest BCUT2D eigenvalue weighted by Crippen LogP contribution is 2.46. The molecule has 12 rings (SSSR count). The van der Waals surface area contributed by atoms with Crippen molar-refractivity contribution in [3.63, 3.8) is 0 Å². The van der Waals surface area contributed by atoms with E-state index in [9.17, 15) is 0 Å². The van der Waals surface area contributed by atoms with E-state index in [2.05, 4.69) is 231 Å². The van der Waals surface area contributed by atoms with Crippen LogP contribution in [0, 0.1) is 0 Å². The van der Waals surface area contributed by atoms with E-state index < -0.39 is 0 Å². The first kappa shape index (κ1) is 34.3. The molecule has 0 aliphatic carbocycles. The van der Waals surface area contributed by atoms with Gasteiger partial charge in [0.15, 0.2) is 0 Å². The summed E-state index contributed by atoms with van der Waals surface area (Å²) in [5, 5.41) is 12.7. The van der Waals surface area contributed by atoms with Gasteiger partial charge in [0.25, 0.3) is 0 Å². The zero-order valence-corrected chi connectivity index (χ0v) is 32.9. The predicted molar refractivity (Wildman–Crippen MR) is 258 cm³/mol. The number of fused-ring (bicyclic) bond motifs is 2. The summed E-state index contributed by atoms with van der Waals surface area (Å²) in [6.07, 6.45) is 0. The van der Waals surface area contributed by atoms with Crippen LogP contribution in [-0.4, -0.2) is 0 Å². The van der Waals surface area contributed by atoms with Gasteiger partial charge < -0.3 is 0 Å². The molecule has 12 aromatic carbocycles. The molecule has 0 amide bonds. The molecule has 0 radical (unpaired) electrons. The molecule has 0 aliphatic heterocycles. The SMILES string of the molecule is c1ccc(-c2cc(-c3ccc4ccccc4c3)cc(-c3cc4cccc5c(-c6cc(-c7ccccc7)cc(-c7ccc8ccccc8c7)c6)cc6cccc3c6c45)c2)cc1. The summed E-state index contributed by atoms with van der Waals surface area (Å²) >= 11 is 0. The number of benzene rings is 12. The van der Waals surface area contributed by atoms with Gasteiger partial charge in [-0.1, -0.05) is 170 Å². The summed E-state index contributed by atoms with van der Waals surface area (Å²) < 4.78 is 0. The molecule has 0 aromatic heterocycles. The van der Waals surface area contributed by atoms with Crippen molar-refractivity contribution in [3.8, 4) is 66.8 Å². The van der Waals surface area contributed by atoms with Crippen molar-refractivity contribution in [2.45, 2.75) is 0 Å². The Hall–Kier alpha value is -7.80. The van der Waals surface area contributed by atoms with Gasteiger partial charge >= 0.3 is 0 Å². The molecule has 0 saturated heterocycles. The molecular weight excluding hydrogens is 721 g/mol. The van der Waals surface area contributed by atoms with Crippen molar-refractivity contribution in [2.75, 3.05) is 0 Å². The van der Waals surface area contributed by atoms with Gasteiger partial charge in [0.2, 0.25) is 0 Å². The lowest BCUT2D eigenvalue weighted by atomic mass is 9.84. The van der Waals surface area contributed by atoms with Crippen LogP contribution in [0.3, 0.4) is 0 Å².